The van der Waals surface area contributed by atoms with Gasteiger partial charge in [-0.2, -0.15) is 0 Å². The van der Waals surface area contributed by atoms with Crippen molar-refractivity contribution in [1.82, 2.24) is 15.6 Å². The van der Waals surface area contributed by atoms with Crippen LogP contribution < -0.4 is 10.6 Å². The lowest BCUT2D eigenvalue weighted by Crippen LogP contribution is -2.50. The minimum atomic E-state index is 0.0144. The van der Waals surface area contributed by atoms with Gasteiger partial charge in [0.15, 0.2) is 0 Å². The number of hydrogen-bond acceptors (Lipinski definition) is 4. The molecule has 16 heavy (non-hydrogen) atoms. The summed E-state index contributed by atoms with van der Waals surface area (Å²) >= 11 is 1.40. The number of hydrogen-bond donors (Lipinski definition) is 2. The van der Waals surface area contributed by atoms with Crippen LogP contribution in [-0.4, -0.2) is 30.0 Å². The zero-order chi connectivity index (χ0) is 11.5. The maximum absolute atomic E-state index is 12.0. The first-order valence-electron chi connectivity index (χ1n) is 5.60. The van der Waals surface area contributed by atoms with Crippen molar-refractivity contribution in [3.05, 3.63) is 16.1 Å². The number of amides is 1. The average molecular weight is 239 g/mol. The lowest BCUT2D eigenvalue weighted by Gasteiger charge is -2.30. The molecule has 0 spiro atoms. The van der Waals surface area contributed by atoms with E-state index in [9.17, 15) is 4.79 Å². The van der Waals surface area contributed by atoms with E-state index in [1.165, 1.54) is 11.3 Å². The Kier molecular flexibility index (Phi) is 3.56. The first kappa shape index (κ1) is 11.5. The highest BCUT2D eigenvalue weighted by Crippen LogP contribution is 2.15. The van der Waals surface area contributed by atoms with E-state index in [0.29, 0.717) is 5.92 Å². The highest BCUT2D eigenvalue weighted by atomic mass is 32.1. The summed E-state index contributed by atoms with van der Waals surface area (Å²) in [6, 6.07) is 0.239. The number of rotatable bonds is 2. The Bertz CT molecular complexity index is 377. The normalized spacial score (nSPS) is 25.4. The molecule has 0 aliphatic carbocycles. The van der Waals surface area contributed by atoms with E-state index in [1.54, 1.807) is 5.51 Å². The van der Waals surface area contributed by atoms with E-state index in [-0.39, 0.29) is 11.9 Å². The summed E-state index contributed by atoms with van der Waals surface area (Å²) in [6.45, 7) is 5.97. The molecule has 2 unspecified atom stereocenters. The van der Waals surface area contributed by atoms with Gasteiger partial charge >= 0.3 is 0 Å². The Morgan fingerprint density at radius 1 is 1.69 bits per heavy atom. The number of piperidine rings is 1. The molecular formula is C11H17N3OS. The summed E-state index contributed by atoms with van der Waals surface area (Å²) < 4.78 is 0. The van der Waals surface area contributed by atoms with E-state index < -0.39 is 0 Å². The van der Waals surface area contributed by atoms with Crippen molar-refractivity contribution in [1.29, 1.82) is 0 Å². The number of aromatic nitrogens is 1. The Morgan fingerprint density at radius 3 is 3.12 bits per heavy atom. The molecule has 0 bridgehead atoms. The molecule has 1 aliphatic heterocycles. The fourth-order valence-corrected chi connectivity index (χ4v) is 2.64. The molecule has 0 aromatic carbocycles. The summed E-state index contributed by atoms with van der Waals surface area (Å²) in [4.78, 5) is 16.8. The monoisotopic (exact) mass is 239 g/mol. The number of nitrogens with zero attached hydrogens (tertiary/aromatic N) is 1. The summed E-state index contributed by atoms with van der Waals surface area (Å²) in [7, 11) is 0. The largest absolute Gasteiger partial charge is 0.347 e. The Hall–Kier alpha value is -0.940. The van der Waals surface area contributed by atoms with Crippen molar-refractivity contribution in [2.24, 2.45) is 5.92 Å². The predicted octanol–water partition coefficient (Wildman–Crippen LogP) is 1.18. The topological polar surface area (TPSA) is 54.0 Å². The van der Waals surface area contributed by atoms with Crippen LogP contribution in [0.15, 0.2) is 5.51 Å². The third-order valence-electron chi connectivity index (χ3n) is 3.10. The molecule has 2 atom stereocenters. The van der Waals surface area contributed by atoms with Crippen molar-refractivity contribution >= 4 is 17.2 Å². The third-order valence-corrected chi connectivity index (χ3v) is 4.02. The maximum Gasteiger partial charge on any atom is 0.263 e. The SMILES string of the molecule is Cc1ncsc1C(=O)NC1CNCCC1C. The van der Waals surface area contributed by atoms with Crippen LogP contribution in [-0.2, 0) is 0 Å². The molecule has 1 saturated heterocycles. The number of carbonyl (C=O) groups excluding carboxylic acids is 1. The van der Waals surface area contributed by atoms with Gasteiger partial charge in [0.05, 0.1) is 11.2 Å². The molecule has 2 rings (SSSR count). The highest BCUT2D eigenvalue weighted by molar-refractivity contribution is 7.11. The zero-order valence-electron chi connectivity index (χ0n) is 9.62. The van der Waals surface area contributed by atoms with E-state index in [1.807, 2.05) is 6.92 Å². The molecule has 1 aromatic rings. The fraction of sp³-hybridized carbons (Fsp3) is 0.636. The second-order valence-corrected chi connectivity index (χ2v) is 5.17. The van der Waals surface area contributed by atoms with Gasteiger partial charge in [0.2, 0.25) is 0 Å². The lowest BCUT2D eigenvalue weighted by atomic mass is 9.95. The van der Waals surface area contributed by atoms with Crippen LogP contribution in [0.4, 0.5) is 0 Å². The second kappa shape index (κ2) is 4.93. The predicted molar refractivity (Wildman–Crippen MR) is 64.8 cm³/mol. The minimum Gasteiger partial charge on any atom is -0.347 e. The molecule has 88 valence electrons. The van der Waals surface area contributed by atoms with E-state index in [4.69, 9.17) is 0 Å². The van der Waals surface area contributed by atoms with Crippen molar-refractivity contribution in [3.63, 3.8) is 0 Å². The first-order chi connectivity index (χ1) is 7.68. The Labute approximate surface area is 99.5 Å². The van der Waals surface area contributed by atoms with Crippen LogP contribution in [0.3, 0.4) is 0 Å². The smallest absolute Gasteiger partial charge is 0.263 e. The van der Waals surface area contributed by atoms with Crippen molar-refractivity contribution in [2.45, 2.75) is 26.3 Å². The molecule has 4 nitrogen and oxygen atoms in total. The van der Waals surface area contributed by atoms with Crippen molar-refractivity contribution < 1.29 is 4.79 Å². The van der Waals surface area contributed by atoms with Crippen LogP contribution in [0.25, 0.3) is 0 Å². The van der Waals surface area contributed by atoms with Crippen molar-refractivity contribution in [3.8, 4) is 0 Å². The van der Waals surface area contributed by atoms with E-state index in [0.717, 1.165) is 30.1 Å². The van der Waals surface area contributed by atoms with Crippen molar-refractivity contribution in [2.75, 3.05) is 13.1 Å². The van der Waals surface area contributed by atoms with Gasteiger partial charge in [-0.1, -0.05) is 6.92 Å². The van der Waals surface area contributed by atoms with Crippen LogP contribution >= 0.6 is 11.3 Å². The van der Waals surface area contributed by atoms with Gasteiger partial charge in [0.25, 0.3) is 5.91 Å². The Morgan fingerprint density at radius 2 is 2.50 bits per heavy atom. The van der Waals surface area contributed by atoms with Gasteiger partial charge in [0, 0.05) is 12.6 Å². The third kappa shape index (κ3) is 2.41. The number of thiazole rings is 1. The molecule has 1 aromatic heterocycles. The minimum absolute atomic E-state index is 0.0144. The number of nitrogens with one attached hydrogen (secondary N) is 2. The number of aryl methyl sites for hydroxylation is 1. The Balaban J connectivity index is 1.99. The first-order valence-corrected chi connectivity index (χ1v) is 6.48. The van der Waals surface area contributed by atoms with Gasteiger partial charge in [-0.15, -0.1) is 11.3 Å². The molecule has 1 fully saturated rings. The standard InChI is InChI=1S/C11H17N3OS/c1-7-3-4-12-5-9(7)14-11(15)10-8(2)13-6-16-10/h6-7,9,12H,3-5H2,1-2H3,(H,14,15). The quantitative estimate of drug-likeness (QED) is 0.815. The molecule has 5 heteroatoms. The summed E-state index contributed by atoms with van der Waals surface area (Å²) in [5.41, 5.74) is 2.53. The zero-order valence-corrected chi connectivity index (χ0v) is 10.4. The molecule has 0 saturated carbocycles. The highest BCUT2D eigenvalue weighted by Gasteiger charge is 2.24. The van der Waals surface area contributed by atoms with Gasteiger partial charge in [-0.3, -0.25) is 4.79 Å². The molecule has 2 N–H and O–H groups in total. The van der Waals surface area contributed by atoms with Crippen LogP contribution in [0.5, 0.6) is 0 Å². The van der Waals surface area contributed by atoms with Crippen LogP contribution in [0, 0.1) is 12.8 Å². The number of carbonyl (C=O) groups is 1. The van der Waals surface area contributed by atoms with Crippen LogP contribution in [0.2, 0.25) is 0 Å². The van der Waals surface area contributed by atoms with Crippen LogP contribution in [0.1, 0.15) is 28.7 Å². The molecule has 1 amide bonds. The lowest BCUT2D eigenvalue weighted by molar-refractivity contribution is 0.0918. The summed E-state index contributed by atoms with van der Waals surface area (Å²) in [6.07, 6.45) is 1.12. The fourth-order valence-electron chi connectivity index (χ4n) is 1.94. The van der Waals surface area contributed by atoms with Gasteiger partial charge in [-0.05, 0) is 25.8 Å². The molecule has 0 radical (unpaired) electrons. The van der Waals surface area contributed by atoms with Gasteiger partial charge < -0.3 is 10.6 Å². The van der Waals surface area contributed by atoms with Gasteiger partial charge in [-0.25, -0.2) is 4.98 Å². The maximum atomic E-state index is 12.0. The molecular weight excluding hydrogens is 222 g/mol. The molecule has 2 heterocycles. The van der Waals surface area contributed by atoms with E-state index >= 15 is 0 Å². The molecule has 1 aliphatic rings. The van der Waals surface area contributed by atoms with Gasteiger partial charge in [0.1, 0.15) is 4.88 Å². The summed E-state index contributed by atoms with van der Waals surface area (Å²) in [5.74, 6) is 0.555. The summed E-state index contributed by atoms with van der Waals surface area (Å²) in [5, 5.41) is 6.38. The average Bonchev–Trinajstić information content (AvgIpc) is 2.68. The van der Waals surface area contributed by atoms with E-state index in [2.05, 4.69) is 22.5 Å². The second-order valence-electron chi connectivity index (χ2n) is 4.32.